The number of hydrogen-bond acceptors (Lipinski definition) is 5. The molecule has 1 aliphatic heterocycles. The Morgan fingerprint density at radius 3 is 2.36 bits per heavy atom. The number of para-hydroxylation sites is 1. The molecule has 0 fully saturated rings. The van der Waals surface area contributed by atoms with E-state index in [-0.39, 0.29) is 18.2 Å². The average Bonchev–Trinajstić information content (AvgIpc) is 3.17. The molecule has 7 nitrogen and oxygen atoms in total. The van der Waals surface area contributed by atoms with E-state index in [4.69, 9.17) is 21.1 Å². The maximum absolute atomic E-state index is 12.5. The van der Waals surface area contributed by atoms with Crippen molar-refractivity contribution in [3.8, 4) is 11.5 Å². The summed E-state index contributed by atoms with van der Waals surface area (Å²) in [4.78, 5) is 29.1. The van der Waals surface area contributed by atoms with Gasteiger partial charge in [0, 0.05) is 11.8 Å². The van der Waals surface area contributed by atoms with E-state index in [0.717, 1.165) is 0 Å². The van der Waals surface area contributed by atoms with Crippen LogP contribution in [0.3, 0.4) is 0 Å². The van der Waals surface area contributed by atoms with Gasteiger partial charge in [-0.25, -0.2) is 4.98 Å². The lowest BCUT2D eigenvalue weighted by atomic mass is 10.2. The van der Waals surface area contributed by atoms with Crippen molar-refractivity contribution in [3.63, 3.8) is 0 Å². The number of nitrogens with zero attached hydrogens (tertiary/aromatic N) is 1. The number of pyridine rings is 1. The molecule has 0 radical (unpaired) electrons. The third kappa shape index (κ3) is 3.74. The van der Waals surface area contributed by atoms with Crippen molar-refractivity contribution in [2.45, 2.75) is 0 Å². The fraction of sp³-hybridized carbons (Fsp3) is 0.0500. The molecule has 0 atom stereocenters. The number of carbonyl (C=O) groups excluding carboxylic acids is 2. The van der Waals surface area contributed by atoms with Gasteiger partial charge in [-0.2, -0.15) is 0 Å². The number of halogens is 1. The number of anilines is 2. The van der Waals surface area contributed by atoms with E-state index in [9.17, 15) is 9.59 Å². The third-order valence-corrected chi connectivity index (χ3v) is 4.30. The Balaban J connectivity index is 1.49. The second-order valence-electron chi connectivity index (χ2n) is 5.86. The molecule has 3 aromatic rings. The van der Waals surface area contributed by atoms with Gasteiger partial charge < -0.3 is 20.1 Å². The minimum Gasteiger partial charge on any atom is -0.454 e. The summed E-state index contributed by atoms with van der Waals surface area (Å²) in [6.45, 7) is 0.150. The van der Waals surface area contributed by atoms with Gasteiger partial charge >= 0.3 is 0 Å². The number of carbonyl (C=O) groups is 2. The first-order valence-corrected chi connectivity index (χ1v) is 8.72. The highest BCUT2D eigenvalue weighted by Gasteiger charge is 2.16. The van der Waals surface area contributed by atoms with Gasteiger partial charge in [-0.15, -0.1) is 0 Å². The minimum atomic E-state index is -0.467. The molecule has 8 heteroatoms. The molecule has 2 heterocycles. The Kier molecular flexibility index (Phi) is 4.82. The van der Waals surface area contributed by atoms with Gasteiger partial charge in [0.1, 0.15) is 11.4 Å². The topological polar surface area (TPSA) is 89.5 Å². The van der Waals surface area contributed by atoms with Crippen LogP contribution >= 0.6 is 11.6 Å². The van der Waals surface area contributed by atoms with Gasteiger partial charge in [-0.3, -0.25) is 9.59 Å². The van der Waals surface area contributed by atoms with Crippen LogP contribution in [-0.2, 0) is 0 Å². The highest BCUT2D eigenvalue weighted by atomic mass is 35.5. The molecule has 0 aliphatic carbocycles. The fourth-order valence-electron chi connectivity index (χ4n) is 2.61. The second kappa shape index (κ2) is 7.58. The maximum atomic E-state index is 12.5. The minimum absolute atomic E-state index is 0.0956. The smallest absolute Gasteiger partial charge is 0.274 e. The second-order valence-corrected chi connectivity index (χ2v) is 6.27. The zero-order valence-electron chi connectivity index (χ0n) is 14.4. The lowest BCUT2D eigenvalue weighted by Crippen LogP contribution is -2.18. The third-order valence-electron chi connectivity index (χ3n) is 3.97. The Morgan fingerprint density at radius 1 is 0.857 bits per heavy atom. The largest absolute Gasteiger partial charge is 0.454 e. The summed E-state index contributed by atoms with van der Waals surface area (Å²) in [6, 6.07) is 16.5. The van der Waals surface area contributed by atoms with Crippen molar-refractivity contribution in [2.24, 2.45) is 0 Å². The number of fused-ring (bicyclic) bond motifs is 1. The molecule has 0 spiro atoms. The van der Waals surface area contributed by atoms with Crippen molar-refractivity contribution in [2.75, 3.05) is 17.4 Å². The Labute approximate surface area is 165 Å². The van der Waals surface area contributed by atoms with Gasteiger partial charge in [0.15, 0.2) is 11.5 Å². The summed E-state index contributed by atoms with van der Waals surface area (Å²) in [5.74, 6) is 0.255. The molecular formula is C20H14ClN3O4. The average molecular weight is 396 g/mol. The normalized spacial score (nSPS) is 11.8. The van der Waals surface area contributed by atoms with Crippen LogP contribution in [0.1, 0.15) is 21.0 Å². The SMILES string of the molecule is O=C(Nc1ccc2c(c1)OCO2)c1cccc(C(=O)Nc2ccccc2Cl)n1. The number of rotatable bonds is 4. The molecule has 2 amide bonds. The molecule has 2 aromatic carbocycles. The first-order valence-electron chi connectivity index (χ1n) is 8.34. The van der Waals surface area contributed by atoms with Crippen LogP contribution in [0.5, 0.6) is 11.5 Å². The number of hydrogen-bond donors (Lipinski definition) is 2. The van der Waals surface area contributed by atoms with Gasteiger partial charge in [0.05, 0.1) is 10.7 Å². The van der Waals surface area contributed by atoms with E-state index in [1.54, 1.807) is 48.5 Å². The first-order chi connectivity index (χ1) is 13.6. The van der Waals surface area contributed by atoms with E-state index in [2.05, 4.69) is 15.6 Å². The quantitative estimate of drug-likeness (QED) is 0.697. The Hall–Kier alpha value is -3.58. The molecule has 1 aromatic heterocycles. The lowest BCUT2D eigenvalue weighted by molar-refractivity contribution is 0.101. The van der Waals surface area contributed by atoms with E-state index >= 15 is 0 Å². The Bertz CT molecular complexity index is 1070. The van der Waals surface area contributed by atoms with Gasteiger partial charge in [-0.05, 0) is 36.4 Å². The van der Waals surface area contributed by atoms with Crippen molar-refractivity contribution in [1.29, 1.82) is 0 Å². The monoisotopic (exact) mass is 395 g/mol. The zero-order valence-corrected chi connectivity index (χ0v) is 15.2. The van der Waals surface area contributed by atoms with Crippen molar-refractivity contribution >= 4 is 34.8 Å². The maximum Gasteiger partial charge on any atom is 0.274 e. The van der Waals surface area contributed by atoms with Crippen LogP contribution < -0.4 is 20.1 Å². The van der Waals surface area contributed by atoms with Crippen LogP contribution in [0.4, 0.5) is 11.4 Å². The molecule has 0 saturated heterocycles. The van der Waals surface area contributed by atoms with Crippen molar-refractivity contribution in [1.82, 2.24) is 4.98 Å². The van der Waals surface area contributed by atoms with Gasteiger partial charge in [-0.1, -0.05) is 29.8 Å². The zero-order chi connectivity index (χ0) is 19.5. The van der Waals surface area contributed by atoms with Crippen molar-refractivity contribution < 1.29 is 19.1 Å². The molecular weight excluding hydrogens is 382 g/mol. The predicted molar refractivity (Wildman–Crippen MR) is 104 cm³/mol. The Morgan fingerprint density at radius 2 is 1.57 bits per heavy atom. The summed E-state index contributed by atoms with van der Waals surface area (Å²) in [5, 5.41) is 5.81. The fourth-order valence-corrected chi connectivity index (χ4v) is 2.79. The van der Waals surface area contributed by atoms with Crippen LogP contribution in [0.2, 0.25) is 5.02 Å². The molecule has 0 bridgehead atoms. The van der Waals surface area contributed by atoms with Crippen LogP contribution in [0, 0.1) is 0 Å². The number of amides is 2. The summed E-state index contributed by atoms with van der Waals surface area (Å²) in [5.41, 5.74) is 1.19. The molecule has 0 saturated carbocycles. The summed E-state index contributed by atoms with van der Waals surface area (Å²) in [7, 11) is 0. The van der Waals surface area contributed by atoms with E-state index < -0.39 is 11.8 Å². The highest BCUT2D eigenvalue weighted by Crippen LogP contribution is 2.34. The predicted octanol–water partition coefficient (Wildman–Crippen LogP) is 3.97. The summed E-state index contributed by atoms with van der Waals surface area (Å²) < 4.78 is 10.5. The summed E-state index contributed by atoms with van der Waals surface area (Å²) in [6.07, 6.45) is 0. The van der Waals surface area contributed by atoms with E-state index in [1.807, 2.05) is 0 Å². The molecule has 2 N–H and O–H groups in total. The van der Waals surface area contributed by atoms with Crippen LogP contribution in [-0.4, -0.2) is 23.6 Å². The van der Waals surface area contributed by atoms with Crippen molar-refractivity contribution in [3.05, 3.63) is 77.1 Å². The molecule has 0 unspecified atom stereocenters. The lowest BCUT2D eigenvalue weighted by Gasteiger charge is -2.08. The van der Waals surface area contributed by atoms with Crippen LogP contribution in [0.25, 0.3) is 0 Å². The standard InChI is InChI=1S/C20H14ClN3O4/c21-13-4-1-2-5-14(13)24-20(26)16-7-3-6-15(23-16)19(25)22-12-8-9-17-18(10-12)28-11-27-17/h1-10H,11H2,(H,22,25)(H,24,26). The molecule has 28 heavy (non-hydrogen) atoms. The van der Waals surface area contributed by atoms with Gasteiger partial charge in [0.2, 0.25) is 6.79 Å². The van der Waals surface area contributed by atoms with E-state index in [1.165, 1.54) is 12.1 Å². The number of aromatic nitrogens is 1. The number of nitrogens with one attached hydrogen (secondary N) is 2. The van der Waals surface area contributed by atoms with E-state index in [0.29, 0.717) is 27.9 Å². The highest BCUT2D eigenvalue weighted by molar-refractivity contribution is 6.33. The summed E-state index contributed by atoms with van der Waals surface area (Å²) >= 11 is 6.05. The van der Waals surface area contributed by atoms with Crippen LogP contribution in [0.15, 0.2) is 60.7 Å². The molecule has 1 aliphatic rings. The van der Waals surface area contributed by atoms with Gasteiger partial charge in [0.25, 0.3) is 11.8 Å². The number of ether oxygens (including phenoxy) is 2. The molecule has 140 valence electrons. The number of benzene rings is 2. The molecule has 4 rings (SSSR count). The first kappa shape index (κ1) is 17.8.